The lowest BCUT2D eigenvalue weighted by atomic mass is 10.1. The van der Waals surface area contributed by atoms with Crippen molar-refractivity contribution in [3.63, 3.8) is 0 Å². The molecule has 0 unspecified atom stereocenters. The zero-order valence-electron chi connectivity index (χ0n) is 14.1. The predicted octanol–water partition coefficient (Wildman–Crippen LogP) is 2.40. The van der Waals surface area contributed by atoms with Gasteiger partial charge in [-0.1, -0.05) is 18.2 Å². The number of amides is 2. The van der Waals surface area contributed by atoms with E-state index >= 15 is 0 Å². The third-order valence-electron chi connectivity index (χ3n) is 3.98. The first-order valence-corrected chi connectivity index (χ1v) is 8.52. The number of hydrogen-bond donors (Lipinski definition) is 2. The molecule has 0 aliphatic carbocycles. The highest BCUT2D eigenvalue weighted by atomic mass is 16.6. The fraction of sp³-hybridized carbons (Fsp3) is 0.368. The highest BCUT2D eigenvalue weighted by molar-refractivity contribution is 5.89. The molecule has 2 heterocycles. The number of carbonyl (C=O) groups is 1. The number of nitrogens with zero attached hydrogens (tertiary/aromatic N) is 1. The molecule has 132 valence electrons. The van der Waals surface area contributed by atoms with E-state index in [9.17, 15) is 4.79 Å². The Labute approximate surface area is 147 Å². The Morgan fingerprint density at radius 2 is 2.00 bits per heavy atom. The molecule has 2 aromatic rings. The van der Waals surface area contributed by atoms with Gasteiger partial charge in [0.2, 0.25) is 0 Å². The molecule has 1 aliphatic rings. The Bertz CT molecular complexity index is 655. The van der Waals surface area contributed by atoms with Crippen molar-refractivity contribution >= 4 is 11.7 Å². The van der Waals surface area contributed by atoms with E-state index in [0.29, 0.717) is 26.4 Å². The quantitative estimate of drug-likeness (QED) is 0.846. The van der Waals surface area contributed by atoms with Gasteiger partial charge in [-0.05, 0) is 42.7 Å². The standard InChI is InChI=1S/C19H23N3O3/c23-19(21-13-18-14-24-11-12-25-18)22-17-8-5-15(6-9-17)4-7-16-3-1-2-10-20-16/h1-3,5-6,8-10,18H,4,7,11-14H2,(H2,21,22,23)/t18-/m1/s1. The number of aromatic nitrogens is 1. The number of ether oxygens (including phenoxy) is 2. The molecule has 0 saturated carbocycles. The molecule has 1 fully saturated rings. The van der Waals surface area contributed by atoms with Crippen LogP contribution in [0.2, 0.25) is 0 Å². The SMILES string of the molecule is O=C(NC[C@@H]1COCCO1)Nc1ccc(CCc2ccccn2)cc1. The number of hydrogen-bond acceptors (Lipinski definition) is 4. The number of urea groups is 1. The van der Waals surface area contributed by atoms with Gasteiger partial charge in [0.25, 0.3) is 0 Å². The van der Waals surface area contributed by atoms with E-state index in [4.69, 9.17) is 9.47 Å². The van der Waals surface area contributed by atoms with Gasteiger partial charge in [0.05, 0.1) is 25.9 Å². The summed E-state index contributed by atoms with van der Waals surface area (Å²) in [5, 5.41) is 5.62. The molecule has 25 heavy (non-hydrogen) atoms. The van der Waals surface area contributed by atoms with E-state index in [1.165, 1.54) is 5.56 Å². The summed E-state index contributed by atoms with van der Waals surface area (Å²) in [6.45, 7) is 2.16. The number of carbonyl (C=O) groups excluding carboxylic acids is 1. The molecule has 1 aliphatic heterocycles. The number of rotatable bonds is 6. The van der Waals surface area contributed by atoms with Crippen LogP contribution in [0.4, 0.5) is 10.5 Å². The second-order valence-electron chi connectivity index (χ2n) is 5.92. The number of anilines is 1. The molecule has 3 rings (SSSR count). The summed E-state index contributed by atoms with van der Waals surface area (Å²) in [5.74, 6) is 0. The van der Waals surface area contributed by atoms with Gasteiger partial charge in [-0.2, -0.15) is 0 Å². The van der Waals surface area contributed by atoms with Gasteiger partial charge in [0.15, 0.2) is 0 Å². The Hall–Kier alpha value is -2.44. The van der Waals surface area contributed by atoms with Crippen molar-refractivity contribution in [2.75, 3.05) is 31.7 Å². The van der Waals surface area contributed by atoms with Crippen LogP contribution in [0.15, 0.2) is 48.7 Å². The second kappa shape index (κ2) is 9.15. The molecule has 0 spiro atoms. The summed E-state index contributed by atoms with van der Waals surface area (Å²) < 4.78 is 10.8. The van der Waals surface area contributed by atoms with Gasteiger partial charge in [0.1, 0.15) is 0 Å². The molecule has 0 radical (unpaired) electrons. The minimum Gasteiger partial charge on any atom is -0.376 e. The third kappa shape index (κ3) is 5.85. The summed E-state index contributed by atoms with van der Waals surface area (Å²) in [7, 11) is 0. The number of benzene rings is 1. The maximum atomic E-state index is 11.9. The zero-order valence-corrected chi connectivity index (χ0v) is 14.1. The van der Waals surface area contributed by atoms with Gasteiger partial charge in [-0.25, -0.2) is 4.79 Å². The summed E-state index contributed by atoms with van der Waals surface area (Å²) in [6, 6.07) is 13.6. The van der Waals surface area contributed by atoms with Crippen LogP contribution in [0.1, 0.15) is 11.3 Å². The number of aryl methyl sites for hydroxylation is 2. The molecule has 1 saturated heterocycles. The van der Waals surface area contributed by atoms with Crippen molar-refractivity contribution < 1.29 is 14.3 Å². The van der Waals surface area contributed by atoms with Crippen molar-refractivity contribution in [3.05, 3.63) is 59.9 Å². The smallest absolute Gasteiger partial charge is 0.319 e. The topological polar surface area (TPSA) is 72.5 Å². The molecule has 1 aromatic heterocycles. The molecule has 2 amide bonds. The zero-order chi connectivity index (χ0) is 17.3. The van der Waals surface area contributed by atoms with Crippen molar-refractivity contribution in [1.29, 1.82) is 0 Å². The Kier molecular flexibility index (Phi) is 6.36. The summed E-state index contributed by atoms with van der Waals surface area (Å²) in [5.41, 5.74) is 3.06. The number of pyridine rings is 1. The fourth-order valence-corrected chi connectivity index (χ4v) is 2.61. The minimum atomic E-state index is -0.240. The largest absolute Gasteiger partial charge is 0.376 e. The van der Waals surface area contributed by atoms with Gasteiger partial charge >= 0.3 is 6.03 Å². The van der Waals surface area contributed by atoms with Crippen LogP contribution >= 0.6 is 0 Å². The average molecular weight is 341 g/mol. The summed E-state index contributed by atoms with van der Waals surface area (Å²) >= 11 is 0. The van der Waals surface area contributed by atoms with Crippen molar-refractivity contribution in [2.45, 2.75) is 18.9 Å². The molecule has 6 nitrogen and oxygen atoms in total. The van der Waals surface area contributed by atoms with Gasteiger partial charge < -0.3 is 20.1 Å². The summed E-state index contributed by atoms with van der Waals surface area (Å²) in [4.78, 5) is 16.2. The first kappa shape index (κ1) is 17.4. The van der Waals surface area contributed by atoms with Crippen LogP contribution in [-0.4, -0.2) is 43.5 Å². The minimum absolute atomic E-state index is 0.0755. The Balaban J connectivity index is 1.41. The second-order valence-corrected chi connectivity index (χ2v) is 5.92. The van der Waals surface area contributed by atoms with Crippen molar-refractivity contribution in [3.8, 4) is 0 Å². The molecule has 0 bridgehead atoms. The van der Waals surface area contributed by atoms with E-state index in [0.717, 1.165) is 24.2 Å². The molecule has 6 heteroatoms. The molecular formula is C19H23N3O3. The van der Waals surface area contributed by atoms with Gasteiger partial charge in [0, 0.05) is 24.1 Å². The predicted molar refractivity (Wildman–Crippen MR) is 95.7 cm³/mol. The molecular weight excluding hydrogens is 318 g/mol. The molecule has 2 N–H and O–H groups in total. The van der Waals surface area contributed by atoms with Gasteiger partial charge in [-0.3, -0.25) is 4.98 Å². The van der Waals surface area contributed by atoms with E-state index in [-0.39, 0.29) is 12.1 Å². The number of nitrogens with one attached hydrogen (secondary N) is 2. The van der Waals surface area contributed by atoms with Crippen LogP contribution < -0.4 is 10.6 Å². The third-order valence-corrected chi connectivity index (χ3v) is 3.98. The van der Waals surface area contributed by atoms with Crippen molar-refractivity contribution in [1.82, 2.24) is 10.3 Å². The highest BCUT2D eigenvalue weighted by Gasteiger charge is 2.15. The lowest BCUT2D eigenvalue weighted by molar-refractivity contribution is -0.0852. The van der Waals surface area contributed by atoms with E-state index in [2.05, 4.69) is 15.6 Å². The maximum absolute atomic E-state index is 11.9. The van der Waals surface area contributed by atoms with E-state index in [1.807, 2.05) is 48.7 Å². The van der Waals surface area contributed by atoms with Crippen LogP contribution in [0.25, 0.3) is 0 Å². The average Bonchev–Trinajstić information content (AvgIpc) is 2.67. The van der Waals surface area contributed by atoms with E-state index < -0.39 is 0 Å². The van der Waals surface area contributed by atoms with Crippen molar-refractivity contribution in [2.24, 2.45) is 0 Å². The monoisotopic (exact) mass is 341 g/mol. The molecule has 1 aromatic carbocycles. The normalized spacial score (nSPS) is 17.0. The van der Waals surface area contributed by atoms with Crippen LogP contribution in [0, 0.1) is 0 Å². The Morgan fingerprint density at radius 1 is 1.12 bits per heavy atom. The first-order chi connectivity index (χ1) is 12.3. The van der Waals surface area contributed by atoms with Crippen LogP contribution in [-0.2, 0) is 22.3 Å². The fourth-order valence-electron chi connectivity index (χ4n) is 2.61. The lowest BCUT2D eigenvalue weighted by Crippen LogP contribution is -2.41. The highest BCUT2D eigenvalue weighted by Crippen LogP contribution is 2.11. The van der Waals surface area contributed by atoms with Crippen LogP contribution in [0.5, 0.6) is 0 Å². The summed E-state index contributed by atoms with van der Waals surface area (Å²) in [6.07, 6.45) is 3.55. The Morgan fingerprint density at radius 3 is 2.72 bits per heavy atom. The maximum Gasteiger partial charge on any atom is 0.319 e. The van der Waals surface area contributed by atoms with Gasteiger partial charge in [-0.15, -0.1) is 0 Å². The molecule has 1 atom stereocenters. The van der Waals surface area contributed by atoms with Crippen LogP contribution in [0.3, 0.4) is 0 Å². The van der Waals surface area contributed by atoms with E-state index in [1.54, 1.807) is 0 Å². The lowest BCUT2D eigenvalue weighted by Gasteiger charge is -2.23. The first-order valence-electron chi connectivity index (χ1n) is 8.52.